The number of carbonyl (C=O) groups excluding carboxylic acids is 1. The van der Waals surface area contributed by atoms with Gasteiger partial charge in [0.25, 0.3) is 0 Å². The van der Waals surface area contributed by atoms with Crippen molar-refractivity contribution in [2.45, 2.75) is 18.6 Å². The summed E-state index contributed by atoms with van der Waals surface area (Å²) in [5, 5.41) is 8.75. The third-order valence-corrected chi connectivity index (χ3v) is 2.74. The van der Waals surface area contributed by atoms with Gasteiger partial charge in [0.2, 0.25) is 0 Å². The molecule has 1 aromatic rings. The maximum atomic E-state index is 11.3. The number of hydrogen-bond donors (Lipinski definition) is 1. The zero-order valence-corrected chi connectivity index (χ0v) is 9.74. The number of phenolic OH excluding ortho intramolecular Hbond substituents is 1. The second-order valence-corrected chi connectivity index (χ2v) is 3.97. The van der Waals surface area contributed by atoms with Crippen LogP contribution in [-0.4, -0.2) is 17.7 Å². The van der Waals surface area contributed by atoms with E-state index in [2.05, 4.69) is 0 Å². The van der Waals surface area contributed by atoms with Crippen LogP contribution in [0.3, 0.4) is 0 Å². The van der Waals surface area contributed by atoms with E-state index in [-0.39, 0.29) is 23.4 Å². The van der Waals surface area contributed by atoms with E-state index in [1.807, 2.05) is 0 Å². The Morgan fingerprint density at radius 1 is 1.50 bits per heavy atom. The van der Waals surface area contributed by atoms with Crippen LogP contribution in [0, 0.1) is 4.61 Å². The largest absolute Gasteiger partial charge is 0.508 e. The van der Waals surface area contributed by atoms with Crippen molar-refractivity contribution in [3.63, 3.8) is 0 Å². The van der Waals surface area contributed by atoms with E-state index in [4.69, 9.17) is 14.5 Å². The monoisotopic (exact) mass is 239 g/mol. The fraction of sp³-hybridized carbons (Fsp3) is 0.364. The third-order valence-electron chi connectivity index (χ3n) is 2.05. The van der Waals surface area contributed by atoms with Crippen molar-refractivity contribution in [2.75, 3.05) is 6.61 Å². The van der Waals surface area contributed by atoms with Gasteiger partial charge in [0.15, 0.2) is 0 Å². The second-order valence-electron chi connectivity index (χ2n) is 3.19. The molecule has 1 atom stereocenters. The van der Waals surface area contributed by atoms with Crippen LogP contribution < -0.4 is 0 Å². The van der Waals surface area contributed by atoms with E-state index in [0.717, 1.165) is 5.56 Å². The molecule has 16 heavy (non-hydrogen) atoms. The SMILES string of the molecule is CCOC(=O)CC(S#N)c1ccc(O)cc1. The van der Waals surface area contributed by atoms with Gasteiger partial charge in [-0.1, -0.05) is 12.1 Å². The first-order valence-electron chi connectivity index (χ1n) is 4.92. The van der Waals surface area contributed by atoms with Crippen molar-refractivity contribution >= 4 is 17.4 Å². The Balaban J connectivity index is 2.72. The molecule has 4 nitrogen and oxygen atoms in total. The molecule has 1 aromatic carbocycles. The topological polar surface area (TPSA) is 70.3 Å². The lowest BCUT2D eigenvalue weighted by atomic mass is 10.1. The van der Waals surface area contributed by atoms with Crippen LogP contribution >= 0.6 is 11.4 Å². The highest BCUT2D eigenvalue weighted by atomic mass is 32.1. The van der Waals surface area contributed by atoms with Gasteiger partial charge in [0.05, 0.1) is 18.3 Å². The fourth-order valence-electron chi connectivity index (χ4n) is 1.28. The number of carbonyl (C=O) groups is 1. The van der Waals surface area contributed by atoms with Crippen LogP contribution in [0.1, 0.15) is 24.2 Å². The van der Waals surface area contributed by atoms with Crippen molar-refractivity contribution in [1.82, 2.24) is 0 Å². The summed E-state index contributed by atoms with van der Waals surface area (Å²) >= 11 is 0.601. The number of nitrogens with zero attached hydrogens (tertiary/aromatic N) is 1. The Hall–Kier alpha value is -1.58. The molecule has 0 aliphatic carbocycles. The standard InChI is InChI=1S/C11H13NO3S/c1-2-15-11(14)7-10(16-12)8-3-5-9(13)6-4-8/h3-6,10,13H,2,7H2,1H3. The minimum Gasteiger partial charge on any atom is -0.508 e. The lowest BCUT2D eigenvalue weighted by molar-refractivity contribution is -0.143. The quantitative estimate of drug-likeness (QED) is 0.820. The summed E-state index contributed by atoms with van der Waals surface area (Å²) < 4.78 is 13.9. The Morgan fingerprint density at radius 3 is 2.62 bits per heavy atom. The van der Waals surface area contributed by atoms with Crippen molar-refractivity contribution in [3.8, 4) is 5.75 Å². The molecule has 0 saturated carbocycles. The molecular formula is C11H13NO3S. The molecule has 0 fully saturated rings. The number of ether oxygens (including phenoxy) is 1. The number of benzene rings is 1. The first-order valence-corrected chi connectivity index (χ1v) is 5.75. The predicted molar refractivity (Wildman–Crippen MR) is 61.4 cm³/mol. The number of aromatic hydroxyl groups is 1. The minimum absolute atomic E-state index is 0.111. The molecule has 0 heterocycles. The van der Waals surface area contributed by atoms with Crippen molar-refractivity contribution in [3.05, 3.63) is 29.8 Å². The third kappa shape index (κ3) is 3.53. The molecule has 1 N–H and O–H groups in total. The van der Waals surface area contributed by atoms with Crippen LogP contribution in [0.4, 0.5) is 0 Å². The molecule has 1 unspecified atom stereocenters. The molecule has 0 aliphatic heterocycles. The Labute approximate surface area is 97.8 Å². The molecule has 86 valence electrons. The Morgan fingerprint density at radius 2 is 2.12 bits per heavy atom. The second kappa shape index (κ2) is 6.10. The van der Waals surface area contributed by atoms with Gasteiger partial charge in [-0.15, -0.1) is 0 Å². The summed E-state index contributed by atoms with van der Waals surface area (Å²) in [6.07, 6.45) is 0.111. The number of hydrogen-bond acceptors (Lipinski definition) is 4. The first-order chi connectivity index (χ1) is 7.67. The number of phenols is 1. The molecule has 0 bridgehead atoms. The maximum Gasteiger partial charge on any atom is 0.307 e. The van der Waals surface area contributed by atoms with E-state index in [1.165, 1.54) is 12.1 Å². The molecule has 0 saturated heterocycles. The molecule has 1 rings (SSSR count). The number of esters is 1. The lowest BCUT2D eigenvalue weighted by Crippen LogP contribution is -2.07. The van der Waals surface area contributed by atoms with E-state index in [9.17, 15) is 4.79 Å². The van der Waals surface area contributed by atoms with Gasteiger partial charge in [0, 0.05) is 11.4 Å². The summed E-state index contributed by atoms with van der Waals surface area (Å²) in [4.78, 5) is 11.3. The van der Waals surface area contributed by atoms with E-state index in [0.29, 0.717) is 18.0 Å². The van der Waals surface area contributed by atoms with Crippen LogP contribution in [0.5, 0.6) is 5.75 Å². The van der Waals surface area contributed by atoms with Crippen LogP contribution in [-0.2, 0) is 9.53 Å². The molecule has 0 spiro atoms. The average Bonchev–Trinajstić information content (AvgIpc) is 2.27. The zero-order chi connectivity index (χ0) is 12.0. The van der Waals surface area contributed by atoms with Gasteiger partial charge in [0.1, 0.15) is 5.75 Å². The smallest absolute Gasteiger partial charge is 0.307 e. The Bertz CT molecular complexity index is 397. The molecular weight excluding hydrogens is 226 g/mol. The molecule has 0 aliphatic rings. The molecule has 0 aromatic heterocycles. The van der Waals surface area contributed by atoms with E-state index >= 15 is 0 Å². The van der Waals surface area contributed by atoms with Gasteiger partial charge in [-0.3, -0.25) is 4.79 Å². The van der Waals surface area contributed by atoms with Crippen LogP contribution in [0.25, 0.3) is 0 Å². The van der Waals surface area contributed by atoms with E-state index in [1.54, 1.807) is 19.1 Å². The summed E-state index contributed by atoms with van der Waals surface area (Å²) in [5.41, 5.74) is 0.776. The summed E-state index contributed by atoms with van der Waals surface area (Å²) in [7, 11) is 0. The van der Waals surface area contributed by atoms with Crippen molar-refractivity contribution in [1.29, 1.82) is 4.61 Å². The van der Waals surface area contributed by atoms with Gasteiger partial charge in [-0.2, -0.15) is 4.61 Å². The summed E-state index contributed by atoms with van der Waals surface area (Å²) in [6, 6.07) is 6.37. The summed E-state index contributed by atoms with van der Waals surface area (Å²) in [6.45, 7) is 2.07. The normalized spacial score (nSPS) is 11.8. The highest BCUT2D eigenvalue weighted by Crippen LogP contribution is 2.27. The Kier molecular flexibility index (Phi) is 4.76. The predicted octanol–water partition coefficient (Wildman–Crippen LogP) is 2.60. The van der Waals surface area contributed by atoms with Gasteiger partial charge >= 0.3 is 5.97 Å². The average molecular weight is 239 g/mol. The van der Waals surface area contributed by atoms with Gasteiger partial charge in [-0.25, -0.2) is 0 Å². The lowest BCUT2D eigenvalue weighted by Gasteiger charge is -2.08. The molecule has 0 radical (unpaired) electrons. The summed E-state index contributed by atoms with van der Waals surface area (Å²) in [5.74, 6) is -0.191. The molecule has 5 heteroatoms. The van der Waals surface area contributed by atoms with Gasteiger partial charge in [-0.05, 0) is 24.6 Å². The van der Waals surface area contributed by atoms with Crippen LogP contribution in [0.2, 0.25) is 0 Å². The number of rotatable bonds is 4. The first kappa shape index (κ1) is 12.5. The maximum absolute atomic E-state index is 11.3. The van der Waals surface area contributed by atoms with Gasteiger partial charge < -0.3 is 9.84 Å². The highest BCUT2D eigenvalue weighted by molar-refractivity contribution is 7.85. The highest BCUT2D eigenvalue weighted by Gasteiger charge is 2.16. The fourth-order valence-corrected chi connectivity index (χ4v) is 1.77. The van der Waals surface area contributed by atoms with E-state index < -0.39 is 0 Å². The minimum atomic E-state index is -0.361. The van der Waals surface area contributed by atoms with Crippen molar-refractivity contribution in [2.24, 2.45) is 0 Å². The zero-order valence-electron chi connectivity index (χ0n) is 8.92. The van der Waals surface area contributed by atoms with Crippen LogP contribution in [0.15, 0.2) is 24.3 Å². The van der Waals surface area contributed by atoms with Crippen molar-refractivity contribution < 1.29 is 14.6 Å². The molecule has 0 amide bonds.